The summed E-state index contributed by atoms with van der Waals surface area (Å²) in [5.74, 6) is -0.532. The van der Waals surface area contributed by atoms with E-state index in [1.54, 1.807) is 0 Å². The molecule has 2 saturated heterocycles. The normalized spacial score (nSPS) is 35.5. The maximum absolute atomic E-state index is 12.1. The minimum atomic E-state index is -0.955. The topological polar surface area (TPSA) is 78.4 Å². The Balaban J connectivity index is 1.52. The second kappa shape index (κ2) is 4.78. The van der Waals surface area contributed by atoms with Gasteiger partial charge in [0.15, 0.2) is 0 Å². The Kier molecular flexibility index (Phi) is 3.25. The number of piperidine rings is 1. The molecule has 3 aliphatic rings. The Bertz CT molecular complexity index is 380. The van der Waals surface area contributed by atoms with E-state index in [2.05, 4.69) is 10.6 Å². The van der Waals surface area contributed by atoms with Crippen LogP contribution in [0.3, 0.4) is 0 Å². The van der Waals surface area contributed by atoms with E-state index in [0.29, 0.717) is 37.3 Å². The van der Waals surface area contributed by atoms with E-state index in [-0.39, 0.29) is 5.91 Å². The molecule has 5 nitrogen and oxygen atoms in total. The van der Waals surface area contributed by atoms with Crippen LogP contribution in [-0.2, 0) is 9.59 Å². The molecule has 5 heteroatoms. The molecule has 2 atom stereocenters. The van der Waals surface area contributed by atoms with Gasteiger partial charge >= 0.3 is 5.97 Å². The van der Waals surface area contributed by atoms with E-state index < -0.39 is 11.5 Å². The average molecular weight is 266 g/mol. The first-order valence-electron chi connectivity index (χ1n) is 7.38. The summed E-state index contributed by atoms with van der Waals surface area (Å²) in [5, 5.41) is 15.5. The van der Waals surface area contributed by atoms with Crippen molar-refractivity contribution in [3.8, 4) is 0 Å². The third-order valence-corrected chi connectivity index (χ3v) is 5.04. The summed E-state index contributed by atoms with van der Waals surface area (Å²) in [6, 6.07) is 1.15. The van der Waals surface area contributed by atoms with Gasteiger partial charge in [-0.1, -0.05) is 0 Å². The third-order valence-electron chi connectivity index (χ3n) is 5.04. The Morgan fingerprint density at radius 2 is 1.84 bits per heavy atom. The van der Waals surface area contributed by atoms with Crippen molar-refractivity contribution in [3.05, 3.63) is 0 Å². The highest BCUT2D eigenvalue weighted by atomic mass is 16.4. The van der Waals surface area contributed by atoms with Gasteiger partial charge in [-0.2, -0.15) is 0 Å². The predicted molar refractivity (Wildman–Crippen MR) is 69.6 cm³/mol. The van der Waals surface area contributed by atoms with E-state index in [9.17, 15) is 14.7 Å². The summed E-state index contributed by atoms with van der Waals surface area (Å²) in [5.41, 5.74) is -0.955. The SMILES string of the molecule is O=C(CC1CC2CCC(C1)N2)NC1(C(=O)O)CCC1. The van der Waals surface area contributed by atoms with Crippen molar-refractivity contribution in [2.24, 2.45) is 5.92 Å². The number of nitrogens with one attached hydrogen (secondary N) is 2. The molecule has 2 aliphatic heterocycles. The molecule has 0 aromatic heterocycles. The van der Waals surface area contributed by atoms with Crippen LogP contribution in [0.4, 0.5) is 0 Å². The highest BCUT2D eigenvalue weighted by Crippen LogP contribution is 2.34. The van der Waals surface area contributed by atoms with Crippen molar-refractivity contribution in [2.45, 2.75) is 69.0 Å². The first kappa shape index (κ1) is 12.9. The molecule has 0 aromatic carbocycles. The molecule has 1 saturated carbocycles. The van der Waals surface area contributed by atoms with Crippen molar-refractivity contribution in [1.82, 2.24) is 10.6 Å². The van der Waals surface area contributed by atoms with Gasteiger partial charge in [0.05, 0.1) is 0 Å². The summed E-state index contributed by atoms with van der Waals surface area (Å²) in [7, 11) is 0. The van der Waals surface area contributed by atoms with Crippen LogP contribution in [0.15, 0.2) is 0 Å². The van der Waals surface area contributed by atoms with Crippen molar-refractivity contribution >= 4 is 11.9 Å². The molecule has 2 bridgehead atoms. The molecule has 3 N–H and O–H groups in total. The highest BCUT2D eigenvalue weighted by molar-refractivity contribution is 5.87. The minimum Gasteiger partial charge on any atom is -0.480 e. The number of amides is 1. The summed E-state index contributed by atoms with van der Waals surface area (Å²) < 4.78 is 0. The first-order valence-corrected chi connectivity index (χ1v) is 7.38. The van der Waals surface area contributed by atoms with Gasteiger partial charge in [-0.05, 0) is 50.9 Å². The molecule has 0 spiro atoms. The van der Waals surface area contributed by atoms with Crippen molar-refractivity contribution < 1.29 is 14.7 Å². The van der Waals surface area contributed by atoms with Crippen molar-refractivity contribution in [1.29, 1.82) is 0 Å². The van der Waals surface area contributed by atoms with Gasteiger partial charge in [-0.3, -0.25) is 4.79 Å². The number of hydrogen-bond donors (Lipinski definition) is 3. The van der Waals surface area contributed by atoms with Gasteiger partial charge in [0.25, 0.3) is 0 Å². The third kappa shape index (κ3) is 2.48. The second-order valence-corrected chi connectivity index (χ2v) is 6.47. The van der Waals surface area contributed by atoms with Crippen LogP contribution in [0.5, 0.6) is 0 Å². The number of aliphatic carboxylic acids is 1. The van der Waals surface area contributed by atoms with Gasteiger partial charge < -0.3 is 15.7 Å². The number of carbonyl (C=O) groups is 2. The van der Waals surface area contributed by atoms with E-state index in [1.165, 1.54) is 12.8 Å². The quantitative estimate of drug-likeness (QED) is 0.710. The van der Waals surface area contributed by atoms with Crippen LogP contribution in [0.25, 0.3) is 0 Å². The fourth-order valence-electron chi connectivity index (χ4n) is 3.84. The largest absolute Gasteiger partial charge is 0.480 e. The highest BCUT2D eigenvalue weighted by Gasteiger charge is 2.46. The molecule has 2 unspecified atom stereocenters. The zero-order chi connectivity index (χ0) is 13.5. The van der Waals surface area contributed by atoms with Crippen LogP contribution < -0.4 is 10.6 Å². The smallest absolute Gasteiger partial charge is 0.329 e. The van der Waals surface area contributed by atoms with Crippen molar-refractivity contribution in [3.63, 3.8) is 0 Å². The summed E-state index contributed by atoms with van der Waals surface area (Å²) in [4.78, 5) is 23.3. The lowest BCUT2D eigenvalue weighted by molar-refractivity contribution is -0.152. The molecule has 0 radical (unpaired) electrons. The zero-order valence-electron chi connectivity index (χ0n) is 11.2. The molecular formula is C14H22N2O3. The lowest BCUT2D eigenvalue weighted by Gasteiger charge is -2.39. The number of carboxylic acid groups (broad SMARTS) is 1. The van der Waals surface area contributed by atoms with Gasteiger partial charge in [-0.25, -0.2) is 4.79 Å². The molecule has 3 rings (SSSR count). The Hall–Kier alpha value is -1.10. The number of fused-ring (bicyclic) bond motifs is 2. The van der Waals surface area contributed by atoms with Gasteiger partial charge in [0.1, 0.15) is 5.54 Å². The summed E-state index contributed by atoms with van der Waals surface area (Å²) in [6.07, 6.45) is 7.10. The van der Waals surface area contributed by atoms with E-state index in [4.69, 9.17) is 0 Å². The summed E-state index contributed by atoms with van der Waals surface area (Å²) >= 11 is 0. The van der Waals surface area contributed by atoms with E-state index in [1.807, 2.05) is 0 Å². The average Bonchev–Trinajstić information content (AvgIpc) is 2.63. The summed E-state index contributed by atoms with van der Waals surface area (Å²) in [6.45, 7) is 0. The number of rotatable bonds is 4. The van der Waals surface area contributed by atoms with Crippen molar-refractivity contribution in [2.75, 3.05) is 0 Å². The Morgan fingerprint density at radius 1 is 1.21 bits per heavy atom. The molecular weight excluding hydrogens is 244 g/mol. The molecule has 1 amide bonds. The minimum absolute atomic E-state index is 0.0756. The fraction of sp³-hybridized carbons (Fsp3) is 0.857. The zero-order valence-corrected chi connectivity index (χ0v) is 11.2. The predicted octanol–water partition coefficient (Wildman–Crippen LogP) is 1.03. The number of carbonyl (C=O) groups excluding carboxylic acids is 1. The van der Waals surface area contributed by atoms with Gasteiger partial charge in [0, 0.05) is 18.5 Å². The molecule has 0 aromatic rings. The van der Waals surface area contributed by atoms with Crippen LogP contribution in [0, 0.1) is 5.92 Å². The lowest BCUT2D eigenvalue weighted by Crippen LogP contribution is -2.59. The molecule has 1 aliphatic carbocycles. The van der Waals surface area contributed by atoms with Crippen LogP contribution in [0.1, 0.15) is 51.4 Å². The maximum Gasteiger partial charge on any atom is 0.329 e. The monoisotopic (exact) mass is 266 g/mol. The van der Waals surface area contributed by atoms with Crippen LogP contribution in [-0.4, -0.2) is 34.6 Å². The van der Waals surface area contributed by atoms with E-state index >= 15 is 0 Å². The van der Waals surface area contributed by atoms with Gasteiger partial charge in [0.2, 0.25) is 5.91 Å². The molecule has 19 heavy (non-hydrogen) atoms. The first-order chi connectivity index (χ1) is 9.07. The van der Waals surface area contributed by atoms with E-state index in [0.717, 1.165) is 19.3 Å². The van der Waals surface area contributed by atoms with Crippen LogP contribution in [0.2, 0.25) is 0 Å². The lowest BCUT2D eigenvalue weighted by atomic mass is 9.76. The Labute approximate surface area is 113 Å². The number of hydrogen-bond acceptors (Lipinski definition) is 3. The Morgan fingerprint density at radius 3 is 2.32 bits per heavy atom. The standard InChI is InChI=1S/C14H22N2O3/c17-12(16-14(13(18)19)4-1-5-14)8-9-6-10-2-3-11(7-9)15-10/h9-11,15H,1-8H2,(H,16,17)(H,18,19). The van der Waals surface area contributed by atoms with Gasteiger partial charge in [-0.15, -0.1) is 0 Å². The maximum atomic E-state index is 12.1. The molecule has 106 valence electrons. The number of carboxylic acids is 1. The second-order valence-electron chi connectivity index (χ2n) is 6.47. The molecule has 3 fully saturated rings. The van der Waals surface area contributed by atoms with Crippen LogP contribution >= 0.6 is 0 Å². The fourth-order valence-corrected chi connectivity index (χ4v) is 3.84. The molecule has 2 heterocycles.